The molecule has 0 heterocycles. The molecule has 0 radical (unpaired) electrons. The second-order valence-electron chi connectivity index (χ2n) is 4.56. The maximum absolute atomic E-state index is 12.9. The van der Waals surface area contributed by atoms with E-state index in [-0.39, 0.29) is 11.3 Å². The molecule has 21 heavy (non-hydrogen) atoms. The molecule has 2 amide bonds. The van der Waals surface area contributed by atoms with Crippen LogP contribution in [0.3, 0.4) is 0 Å². The number of aliphatic carboxylic acids is 1. The van der Waals surface area contributed by atoms with E-state index in [9.17, 15) is 14.0 Å². The van der Waals surface area contributed by atoms with Gasteiger partial charge < -0.3 is 15.7 Å². The van der Waals surface area contributed by atoms with Gasteiger partial charge >= 0.3 is 12.0 Å². The molecule has 1 atom stereocenters. The summed E-state index contributed by atoms with van der Waals surface area (Å²) in [4.78, 5) is 22.2. The molecule has 0 saturated heterocycles. The molecule has 0 spiro atoms. The third-order valence-electron chi connectivity index (χ3n) is 2.87. The summed E-state index contributed by atoms with van der Waals surface area (Å²) in [7, 11) is 0. The Kier molecular flexibility index (Phi) is 6.14. The quantitative estimate of drug-likeness (QED) is 0.700. The van der Waals surface area contributed by atoms with Crippen LogP contribution in [-0.4, -0.2) is 23.7 Å². The molecule has 0 saturated carbocycles. The smallest absolute Gasteiger partial charge is 0.319 e. The molecule has 0 aliphatic heterocycles. The van der Waals surface area contributed by atoms with Gasteiger partial charge in [0.2, 0.25) is 0 Å². The summed E-state index contributed by atoms with van der Waals surface area (Å²) in [6, 6.07) is 4.74. The minimum Gasteiger partial charge on any atom is -0.481 e. The minimum absolute atomic E-state index is 0.0321. The monoisotopic (exact) mass is 293 g/mol. The van der Waals surface area contributed by atoms with Crippen LogP contribution >= 0.6 is 0 Å². The predicted molar refractivity (Wildman–Crippen MR) is 74.2 cm³/mol. The number of carboxylic acids is 1. The largest absolute Gasteiger partial charge is 0.481 e. The van der Waals surface area contributed by atoms with Crippen molar-refractivity contribution in [2.45, 2.75) is 19.8 Å². The minimum atomic E-state index is -0.871. The average molecular weight is 293 g/mol. The molecule has 0 fully saturated rings. The van der Waals surface area contributed by atoms with E-state index in [2.05, 4.69) is 10.6 Å². The molecule has 1 aromatic carbocycles. The Labute approximate surface area is 121 Å². The van der Waals surface area contributed by atoms with Crippen molar-refractivity contribution in [3.63, 3.8) is 0 Å². The molecule has 3 N–H and O–H groups in total. The van der Waals surface area contributed by atoms with Gasteiger partial charge in [0.15, 0.2) is 0 Å². The summed E-state index contributed by atoms with van der Waals surface area (Å²) in [6.07, 6.45) is 0.977. The van der Waals surface area contributed by atoms with Gasteiger partial charge in [0.1, 0.15) is 11.9 Å². The first-order valence-electron chi connectivity index (χ1n) is 6.41. The SMILES string of the molecule is CC(CCCNC(=O)Nc1ccc(F)cc1C#N)C(=O)O. The Morgan fingerprint density at radius 1 is 1.48 bits per heavy atom. The maximum Gasteiger partial charge on any atom is 0.319 e. The lowest BCUT2D eigenvalue weighted by Crippen LogP contribution is -2.30. The number of rotatable bonds is 6. The van der Waals surface area contributed by atoms with Crippen molar-refractivity contribution in [2.75, 3.05) is 11.9 Å². The van der Waals surface area contributed by atoms with Gasteiger partial charge in [-0.15, -0.1) is 0 Å². The predicted octanol–water partition coefficient (Wildman–Crippen LogP) is 2.32. The third kappa shape index (κ3) is 5.48. The number of carbonyl (C=O) groups excluding carboxylic acids is 1. The van der Waals surface area contributed by atoms with Crippen molar-refractivity contribution in [1.82, 2.24) is 5.32 Å². The Morgan fingerprint density at radius 2 is 2.19 bits per heavy atom. The highest BCUT2D eigenvalue weighted by molar-refractivity contribution is 5.90. The van der Waals surface area contributed by atoms with E-state index >= 15 is 0 Å². The number of amides is 2. The number of carboxylic acid groups (broad SMARTS) is 1. The number of hydrogen-bond acceptors (Lipinski definition) is 3. The van der Waals surface area contributed by atoms with Gasteiger partial charge in [0, 0.05) is 6.54 Å². The number of urea groups is 1. The summed E-state index contributed by atoms with van der Waals surface area (Å²) in [5, 5.41) is 22.5. The molecule has 1 aromatic rings. The Bertz CT molecular complexity index is 569. The zero-order valence-electron chi connectivity index (χ0n) is 11.5. The summed E-state index contributed by atoms with van der Waals surface area (Å²) in [5.41, 5.74) is 0.250. The lowest BCUT2D eigenvalue weighted by Gasteiger charge is -2.10. The molecule has 1 rings (SSSR count). The van der Waals surface area contributed by atoms with Crippen molar-refractivity contribution in [3.05, 3.63) is 29.6 Å². The van der Waals surface area contributed by atoms with Gasteiger partial charge in [-0.1, -0.05) is 6.92 Å². The van der Waals surface area contributed by atoms with E-state index in [1.54, 1.807) is 13.0 Å². The molecule has 112 valence electrons. The number of nitriles is 1. The van der Waals surface area contributed by atoms with Crippen molar-refractivity contribution in [3.8, 4) is 6.07 Å². The zero-order chi connectivity index (χ0) is 15.8. The van der Waals surface area contributed by atoms with E-state index in [0.29, 0.717) is 19.4 Å². The fourth-order valence-corrected chi connectivity index (χ4v) is 1.62. The summed E-state index contributed by atoms with van der Waals surface area (Å²) >= 11 is 0. The van der Waals surface area contributed by atoms with Crippen LogP contribution in [0.25, 0.3) is 0 Å². The highest BCUT2D eigenvalue weighted by Crippen LogP contribution is 2.15. The van der Waals surface area contributed by atoms with Crippen LogP contribution in [-0.2, 0) is 4.79 Å². The molecule has 0 aliphatic carbocycles. The second-order valence-corrected chi connectivity index (χ2v) is 4.56. The number of carbonyl (C=O) groups is 2. The first kappa shape index (κ1) is 16.4. The first-order chi connectivity index (χ1) is 9.93. The normalized spacial score (nSPS) is 11.3. The lowest BCUT2D eigenvalue weighted by atomic mass is 10.1. The fraction of sp³-hybridized carbons (Fsp3) is 0.357. The second kappa shape index (κ2) is 7.85. The number of anilines is 1. The topological polar surface area (TPSA) is 102 Å². The van der Waals surface area contributed by atoms with Gasteiger partial charge in [-0.3, -0.25) is 4.79 Å². The van der Waals surface area contributed by atoms with Crippen LogP contribution in [0.15, 0.2) is 18.2 Å². The van der Waals surface area contributed by atoms with Gasteiger partial charge in [0.25, 0.3) is 0 Å². The number of nitrogens with one attached hydrogen (secondary N) is 2. The van der Waals surface area contributed by atoms with Crippen LogP contribution in [0.5, 0.6) is 0 Å². The van der Waals surface area contributed by atoms with E-state index in [1.165, 1.54) is 6.07 Å². The van der Waals surface area contributed by atoms with Gasteiger partial charge in [-0.25, -0.2) is 9.18 Å². The fourth-order valence-electron chi connectivity index (χ4n) is 1.62. The Morgan fingerprint density at radius 3 is 2.81 bits per heavy atom. The molecule has 1 unspecified atom stereocenters. The van der Waals surface area contributed by atoms with Crippen molar-refractivity contribution in [2.24, 2.45) is 5.92 Å². The van der Waals surface area contributed by atoms with Gasteiger partial charge in [-0.2, -0.15) is 5.26 Å². The molecule has 7 heteroatoms. The first-order valence-corrected chi connectivity index (χ1v) is 6.41. The molecular weight excluding hydrogens is 277 g/mol. The number of hydrogen-bond donors (Lipinski definition) is 3. The summed E-state index contributed by atoms with van der Waals surface area (Å²) < 4.78 is 12.9. The van der Waals surface area contributed by atoms with Crippen LogP contribution < -0.4 is 10.6 Å². The molecule has 0 bridgehead atoms. The number of halogens is 1. The van der Waals surface area contributed by atoms with E-state index in [4.69, 9.17) is 10.4 Å². The van der Waals surface area contributed by atoms with Gasteiger partial charge in [-0.05, 0) is 31.0 Å². The van der Waals surface area contributed by atoms with E-state index in [1.807, 2.05) is 0 Å². The summed E-state index contributed by atoms with van der Waals surface area (Å²) in [5.74, 6) is -1.89. The molecule has 6 nitrogen and oxygen atoms in total. The standard InChI is InChI=1S/C14H16FN3O3/c1-9(13(19)20)3-2-6-17-14(21)18-12-5-4-11(15)7-10(12)8-16/h4-5,7,9H,2-3,6H2,1H3,(H,19,20)(H2,17,18,21). The van der Waals surface area contributed by atoms with Crippen LogP contribution in [0.4, 0.5) is 14.9 Å². The van der Waals surface area contributed by atoms with Crippen LogP contribution in [0.2, 0.25) is 0 Å². The average Bonchev–Trinajstić information content (AvgIpc) is 2.45. The molecule has 0 aromatic heterocycles. The van der Waals surface area contributed by atoms with Crippen LogP contribution in [0, 0.1) is 23.1 Å². The van der Waals surface area contributed by atoms with Crippen LogP contribution in [0.1, 0.15) is 25.3 Å². The summed E-state index contributed by atoms with van der Waals surface area (Å²) in [6.45, 7) is 1.91. The van der Waals surface area contributed by atoms with E-state index in [0.717, 1.165) is 12.1 Å². The maximum atomic E-state index is 12.9. The van der Waals surface area contributed by atoms with Crippen molar-refractivity contribution in [1.29, 1.82) is 5.26 Å². The highest BCUT2D eigenvalue weighted by atomic mass is 19.1. The zero-order valence-corrected chi connectivity index (χ0v) is 11.5. The Balaban J connectivity index is 2.41. The number of nitrogens with zero attached hydrogens (tertiary/aromatic N) is 1. The Hall–Kier alpha value is -2.62. The third-order valence-corrected chi connectivity index (χ3v) is 2.87. The van der Waals surface area contributed by atoms with E-state index < -0.39 is 23.7 Å². The van der Waals surface area contributed by atoms with Gasteiger partial charge in [0.05, 0.1) is 17.2 Å². The molecule has 0 aliphatic rings. The number of benzene rings is 1. The lowest BCUT2D eigenvalue weighted by molar-refractivity contribution is -0.141. The van der Waals surface area contributed by atoms with Crippen molar-refractivity contribution >= 4 is 17.7 Å². The molecular formula is C14H16FN3O3. The highest BCUT2D eigenvalue weighted by Gasteiger charge is 2.11. The van der Waals surface area contributed by atoms with Crippen molar-refractivity contribution < 1.29 is 19.1 Å².